The Morgan fingerprint density at radius 2 is 1.47 bits per heavy atom. The molecule has 1 heterocycles. The number of ether oxygens (including phenoxy) is 1. The topological polar surface area (TPSA) is 32.8 Å². The molecule has 17 heavy (non-hydrogen) atoms. The first-order valence-corrected chi connectivity index (χ1v) is 5.79. The molecule has 1 aliphatic rings. The van der Waals surface area contributed by atoms with Gasteiger partial charge in [-0.05, 0) is 11.1 Å². The van der Waals surface area contributed by atoms with Crippen LogP contribution in [0.3, 0.4) is 0 Å². The largest absolute Gasteiger partial charge is 0.386 e. The smallest absolute Gasteiger partial charge is 0.119 e. The second kappa shape index (κ2) is 4.32. The van der Waals surface area contributed by atoms with E-state index in [1.165, 1.54) is 0 Å². The van der Waals surface area contributed by atoms with Crippen LogP contribution in [0.4, 0.5) is 0 Å². The Morgan fingerprint density at radius 3 is 2.12 bits per heavy atom. The third-order valence-corrected chi connectivity index (χ3v) is 3.11. The molecular weight excluding hydrogens is 212 g/mol. The highest BCUT2D eigenvalue weighted by Gasteiger charge is 2.45. The number of epoxide rings is 1. The van der Waals surface area contributed by atoms with E-state index >= 15 is 0 Å². The van der Waals surface area contributed by atoms with Crippen LogP contribution >= 0.6 is 0 Å². The van der Waals surface area contributed by atoms with Gasteiger partial charge in [0.15, 0.2) is 0 Å². The number of aliphatic hydroxyl groups is 1. The molecule has 3 atom stereocenters. The minimum absolute atomic E-state index is 0.0337. The van der Waals surface area contributed by atoms with Crippen molar-refractivity contribution in [2.75, 3.05) is 0 Å². The maximum Gasteiger partial charge on any atom is 0.119 e. The lowest BCUT2D eigenvalue weighted by Gasteiger charge is -2.07. The van der Waals surface area contributed by atoms with Crippen LogP contribution in [-0.4, -0.2) is 11.2 Å². The van der Waals surface area contributed by atoms with E-state index in [4.69, 9.17) is 4.74 Å². The number of hydrogen-bond acceptors (Lipinski definition) is 2. The van der Waals surface area contributed by atoms with Crippen molar-refractivity contribution in [2.45, 2.75) is 18.3 Å². The molecule has 0 radical (unpaired) electrons. The van der Waals surface area contributed by atoms with Crippen molar-refractivity contribution in [3.05, 3.63) is 71.8 Å². The van der Waals surface area contributed by atoms with Gasteiger partial charge in [-0.25, -0.2) is 0 Å². The van der Waals surface area contributed by atoms with Crippen molar-refractivity contribution >= 4 is 0 Å². The highest BCUT2D eigenvalue weighted by molar-refractivity contribution is 5.26. The highest BCUT2D eigenvalue weighted by atomic mass is 16.6. The first-order valence-electron chi connectivity index (χ1n) is 5.79. The fraction of sp³-hybridized carbons (Fsp3) is 0.200. The average molecular weight is 226 g/mol. The lowest BCUT2D eigenvalue weighted by atomic mass is 10.0. The molecule has 0 unspecified atom stereocenters. The Hall–Kier alpha value is -1.64. The molecular formula is C15H14O2. The molecule has 0 amide bonds. The Bertz CT molecular complexity index is 481. The number of aliphatic hydroxyl groups excluding tert-OH is 1. The molecule has 2 aromatic rings. The van der Waals surface area contributed by atoms with Gasteiger partial charge in [0.1, 0.15) is 18.3 Å². The molecule has 0 aliphatic carbocycles. The first kappa shape index (κ1) is 10.5. The van der Waals surface area contributed by atoms with Crippen LogP contribution in [0.5, 0.6) is 0 Å². The van der Waals surface area contributed by atoms with Gasteiger partial charge in [-0.15, -0.1) is 0 Å². The van der Waals surface area contributed by atoms with E-state index in [2.05, 4.69) is 0 Å². The number of rotatable bonds is 3. The van der Waals surface area contributed by atoms with Crippen molar-refractivity contribution in [1.29, 1.82) is 0 Å². The molecule has 2 aromatic carbocycles. The summed E-state index contributed by atoms with van der Waals surface area (Å²) < 4.78 is 5.57. The summed E-state index contributed by atoms with van der Waals surface area (Å²) in [7, 11) is 0. The van der Waals surface area contributed by atoms with Gasteiger partial charge >= 0.3 is 0 Å². The number of benzene rings is 2. The zero-order valence-electron chi connectivity index (χ0n) is 9.36. The van der Waals surface area contributed by atoms with Crippen molar-refractivity contribution < 1.29 is 9.84 Å². The summed E-state index contributed by atoms with van der Waals surface area (Å²) in [6.07, 6.45) is -0.618. The second-order valence-corrected chi connectivity index (χ2v) is 4.29. The molecule has 1 saturated heterocycles. The summed E-state index contributed by atoms with van der Waals surface area (Å²) >= 11 is 0. The highest BCUT2D eigenvalue weighted by Crippen LogP contribution is 2.45. The molecule has 2 heteroatoms. The van der Waals surface area contributed by atoms with Crippen molar-refractivity contribution in [2.24, 2.45) is 0 Å². The molecule has 1 fully saturated rings. The quantitative estimate of drug-likeness (QED) is 0.816. The normalized spacial score (nSPS) is 24.3. The van der Waals surface area contributed by atoms with Gasteiger partial charge in [0, 0.05) is 0 Å². The first-order chi connectivity index (χ1) is 8.36. The van der Waals surface area contributed by atoms with Crippen molar-refractivity contribution in [1.82, 2.24) is 0 Å². The second-order valence-electron chi connectivity index (χ2n) is 4.29. The van der Waals surface area contributed by atoms with E-state index < -0.39 is 6.10 Å². The predicted molar refractivity (Wildman–Crippen MR) is 65.5 cm³/mol. The van der Waals surface area contributed by atoms with Crippen molar-refractivity contribution in [3.63, 3.8) is 0 Å². The van der Waals surface area contributed by atoms with E-state index in [1.807, 2.05) is 60.7 Å². The lowest BCUT2D eigenvalue weighted by Crippen LogP contribution is -2.05. The van der Waals surface area contributed by atoms with Crippen LogP contribution in [0.1, 0.15) is 23.3 Å². The van der Waals surface area contributed by atoms with Gasteiger partial charge in [-0.3, -0.25) is 0 Å². The summed E-state index contributed by atoms with van der Waals surface area (Å²) in [5.74, 6) is 0. The van der Waals surface area contributed by atoms with Crippen molar-refractivity contribution in [3.8, 4) is 0 Å². The van der Waals surface area contributed by atoms with E-state index in [9.17, 15) is 5.11 Å². The zero-order chi connectivity index (χ0) is 11.7. The third-order valence-electron chi connectivity index (χ3n) is 3.11. The standard InChI is InChI=1S/C15H14O2/c16-13(11-7-3-1-4-8-11)15-14(17-15)12-9-5-2-6-10-12/h1-10,13-16H/t13-,14-,15+/m1/s1. The maximum absolute atomic E-state index is 10.2. The molecule has 0 spiro atoms. The molecule has 2 nitrogen and oxygen atoms in total. The predicted octanol–water partition coefficient (Wildman–Crippen LogP) is 2.86. The van der Waals surface area contributed by atoms with Crippen LogP contribution in [0, 0.1) is 0 Å². The van der Waals surface area contributed by atoms with E-state index in [0.717, 1.165) is 11.1 Å². The monoisotopic (exact) mass is 226 g/mol. The van der Waals surface area contributed by atoms with Crippen LogP contribution in [0.2, 0.25) is 0 Å². The summed E-state index contributed by atoms with van der Waals surface area (Å²) in [4.78, 5) is 0. The van der Waals surface area contributed by atoms with Gasteiger partial charge in [0.2, 0.25) is 0 Å². The summed E-state index contributed by atoms with van der Waals surface area (Å²) in [5, 5.41) is 10.2. The molecule has 1 N–H and O–H groups in total. The van der Waals surface area contributed by atoms with Crippen LogP contribution in [0.15, 0.2) is 60.7 Å². The average Bonchev–Trinajstić information content (AvgIpc) is 3.20. The molecule has 0 saturated carbocycles. The van der Waals surface area contributed by atoms with Gasteiger partial charge in [-0.1, -0.05) is 60.7 Å². The van der Waals surface area contributed by atoms with E-state index in [-0.39, 0.29) is 12.2 Å². The van der Waals surface area contributed by atoms with Gasteiger partial charge in [0.25, 0.3) is 0 Å². The molecule has 3 rings (SSSR count). The lowest BCUT2D eigenvalue weighted by molar-refractivity contribution is 0.137. The maximum atomic E-state index is 10.2. The van der Waals surface area contributed by atoms with Gasteiger partial charge in [-0.2, -0.15) is 0 Å². The summed E-state index contributed by atoms with van der Waals surface area (Å²) in [6, 6.07) is 19.7. The van der Waals surface area contributed by atoms with Crippen LogP contribution < -0.4 is 0 Å². The SMILES string of the molecule is O[C@H](c1ccccc1)[C@@H]1O[C@@H]1c1ccccc1. The third kappa shape index (κ3) is 2.09. The fourth-order valence-electron chi connectivity index (χ4n) is 2.11. The zero-order valence-corrected chi connectivity index (χ0v) is 9.36. The minimum Gasteiger partial charge on any atom is -0.386 e. The Kier molecular flexibility index (Phi) is 2.67. The molecule has 1 aliphatic heterocycles. The Morgan fingerprint density at radius 1 is 0.882 bits per heavy atom. The van der Waals surface area contributed by atoms with Gasteiger partial charge < -0.3 is 9.84 Å². The molecule has 86 valence electrons. The van der Waals surface area contributed by atoms with E-state index in [1.54, 1.807) is 0 Å². The van der Waals surface area contributed by atoms with E-state index in [0.29, 0.717) is 0 Å². The molecule has 0 bridgehead atoms. The molecule has 0 aromatic heterocycles. The summed E-state index contributed by atoms with van der Waals surface area (Å²) in [5.41, 5.74) is 2.04. The number of hydrogen-bond donors (Lipinski definition) is 1. The minimum atomic E-state index is -0.540. The van der Waals surface area contributed by atoms with Crippen LogP contribution in [0.25, 0.3) is 0 Å². The van der Waals surface area contributed by atoms with Crippen LogP contribution in [-0.2, 0) is 4.74 Å². The van der Waals surface area contributed by atoms with Gasteiger partial charge in [0.05, 0.1) is 0 Å². The Labute approximate surface area is 100 Å². The Balaban J connectivity index is 1.73. The fourth-order valence-corrected chi connectivity index (χ4v) is 2.11. The summed E-state index contributed by atoms with van der Waals surface area (Å²) in [6.45, 7) is 0.